The van der Waals surface area contributed by atoms with Crippen molar-refractivity contribution >= 4 is 0 Å². The van der Waals surface area contributed by atoms with Gasteiger partial charge in [0, 0.05) is 0 Å². The van der Waals surface area contributed by atoms with Gasteiger partial charge in [-0.2, -0.15) is 0 Å². The van der Waals surface area contributed by atoms with Crippen LogP contribution in [0.25, 0.3) is 0 Å². The van der Waals surface area contributed by atoms with E-state index in [0.29, 0.717) is 0 Å². The number of rotatable bonds is 13. The molecule has 0 saturated heterocycles. The van der Waals surface area contributed by atoms with E-state index in [1.807, 2.05) is 0 Å². The number of allylic oxidation sites excluding steroid dienone is 4. The van der Waals surface area contributed by atoms with E-state index in [4.69, 9.17) is 0 Å². The maximum absolute atomic E-state index is 2.57. The third-order valence-electron chi connectivity index (χ3n) is 6.39. The molecule has 0 bridgehead atoms. The van der Waals surface area contributed by atoms with E-state index in [1.165, 1.54) is 103 Å². The Labute approximate surface area is 152 Å². The summed E-state index contributed by atoms with van der Waals surface area (Å²) in [6, 6.07) is 0. The van der Waals surface area contributed by atoms with Crippen LogP contribution in [0.2, 0.25) is 0 Å². The van der Waals surface area contributed by atoms with Gasteiger partial charge in [0.1, 0.15) is 0 Å². The predicted octanol–water partition coefficient (Wildman–Crippen LogP) is 8.24. The molecule has 138 valence electrons. The van der Waals surface area contributed by atoms with E-state index in [2.05, 4.69) is 31.2 Å². The molecule has 2 atom stereocenters. The van der Waals surface area contributed by atoms with E-state index in [9.17, 15) is 0 Å². The summed E-state index contributed by atoms with van der Waals surface area (Å²) < 4.78 is 0. The summed E-state index contributed by atoms with van der Waals surface area (Å²) in [5.74, 6) is 2.90. The Morgan fingerprint density at radius 2 is 1.54 bits per heavy atom. The van der Waals surface area contributed by atoms with E-state index in [-0.39, 0.29) is 0 Å². The summed E-state index contributed by atoms with van der Waals surface area (Å²) in [5, 5.41) is 0. The van der Waals surface area contributed by atoms with Crippen LogP contribution in [0.1, 0.15) is 110 Å². The minimum atomic E-state index is 0.875. The molecule has 0 unspecified atom stereocenters. The van der Waals surface area contributed by atoms with E-state index < -0.39 is 0 Å². The van der Waals surface area contributed by atoms with Crippen LogP contribution in [0, 0.1) is 17.8 Å². The molecular weight excluding hydrogens is 288 g/mol. The number of hydrogen-bond donors (Lipinski definition) is 0. The van der Waals surface area contributed by atoms with E-state index >= 15 is 0 Å². The van der Waals surface area contributed by atoms with Gasteiger partial charge in [0.05, 0.1) is 0 Å². The van der Waals surface area contributed by atoms with E-state index in [0.717, 1.165) is 17.8 Å². The lowest BCUT2D eigenvalue weighted by atomic mass is 9.82. The normalized spacial score (nSPS) is 25.0. The van der Waals surface area contributed by atoms with Crippen molar-refractivity contribution in [2.45, 2.75) is 110 Å². The number of hydrogen-bond acceptors (Lipinski definition) is 0. The monoisotopic (exact) mass is 330 g/mol. The standard InChI is InChI=1S/C24H42/c1-2-3-4-5-6-7-11-18-23-20-14-21-24(23)19-12-9-8-10-15-22-16-13-17-22/h9,11-12,18,22-24H,2-8,10,13-17,19-21H2,1H3/t23-,24-/m0/s1. The van der Waals surface area contributed by atoms with Gasteiger partial charge in [0.25, 0.3) is 0 Å². The SMILES string of the molecule is CCCCCCCC=C[C@H]1CCC[C@@H]1CC=CCCCC1CCC1. The average molecular weight is 331 g/mol. The van der Waals surface area contributed by atoms with Crippen molar-refractivity contribution in [2.24, 2.45) is 17.8 Å². The van der Waals surface area contributed by atoms with Crippen LogP contribution in [0.5, 0.6) is 0 Å². The second-order valence-electron chi connectivity index (χ2n) is 8.42. The molecule has 0 aliphatic heterocycles. The van der Waals surface area contributed by atoms with Crippen molar-refractivity contribution in [3.05, 3.63) is 24.3 Å². The van der Waals surface area contributed by atoms with Crippen molar-refractivity contribution in [1.82, 2.24) is 0 Å². The van der Waals surface area contributed by atoms with Gasteiger partial charge in [-0.3, -0.25) is 0 Å². The molecule has 2 fully saturated rings. The molecule has 2 aliphatic rings. The molecule has 0 aromatic rings. The van der Waals surface area contributed by atoms with Crippen molar-refractivity contribution < 1.29 is 0 Å². The van der Waals surface area contributed by atoms with Crippen LogP contribution in [0.15, 0.2) is 24.3 Å². The Morgan fingerprint density at radius 3 is 2.33 bits per heavy atom. The van der Waals surface area contributed by atoms with Crippen LogP contribution >= 0.6 is 0 Å². The van der Waals surface area contributed by atoms with Crippen LogP contribution in [0.3, 0.4) is 0 Å². The molecule has 0 N–H and O–H groups in total. The summed E-state index contributed by atoms with van der Waals surface area (Å²) >= 11 is 0. The molecule has 0 radical (unpaired) electrons. The first-order valence-corrected chi connectivity index (χ1v) is 11.2. The zero-order valence-corrected chi connectivity index (χ0v) is 16.4. The second-order valence-corrected chi connectivity index (χ2v) is 8.42. The van der Waals surface area contributed by atoms with Crippen LogP contribution in [0.4, 0.5) is 0 Å². The third kappa shape index (κ3) is 8.04. The molecule has 0 aromatic heterocycles. The Balaban J connectivity index is 1.51. The highest BCUT2D eigenvalue weighted by atomic mass is 14.3. The lowest BCUT2D eigenvalue weighted by molar-refractivity contribution is 0.290. The zero-order valence-electron chi connectivity index (χ0n) is 16.4. The lowest BCUT2D eigenvalue weighted by Gasteiger charge is -2.24. The summed E-state index contributed by atoms with van der Waals surface area (Å²) in [6.45, 7) is 2.29. The average Bonchev–Trinajstić information content (AvgIpc) is 2.99. The van der Waals surface area contributed by atoms with Gasteiger partial charge in [0.15, 0.2) is 0 Å². The summed E-state index contributed by atoms with van der Waals surface area (Å²) in [7, 11) is 0. The quantitative estimate of drug-likeness (QED) is 0.235. The van der Waals surface area contributed by atoms with Gasteiger partial charge in [-0.15, -0.1) is 0 Å². The van der Waals surface area contributed by atoms with Crippen molar-refractivity contribution in [1.29, 1.82) is 0 Å². The van der Waals surface area contributed by atoms with Crippen molar-refractivity contribution in [2.75, 3.05) is 0 Å². The van der Waals surface area contributed by atoms with Gasteiger partial charge in [0.2, 0.25) is 0 Å². The molecule has 0 nitrogen and oxygen atoms in total. The fourth-order valence-electron chi connectivity index (χ4n) is 4.44. The fraction of sp³-hybridized carbons (Fsp3) is 0.833. The largest absolute Gasteiger partial charge is 0.0885 e. The summed E-state index contributed by atoms with van der Waals surface area (Å²) in [5.41, 5.74) is 0. The van der Waals surface area contributed by atoms with Crippen LogP contribution < -0.4 is 0 Å². The molecule has 2 saturated carbocycles. The molecule has 0 heterocycles. The van der Waals surface area contributed by atoms with Gasteiger partial charge >= 0.3 is 0 Å². The van der Waals surface area contributed by atoms with Gasteiger partial charge in [-0.1, -0.05) is 89.0 Å². The minimum Gasteiger partial charge on any atom is -0.0885 e. The highest BCUT2D eigenvalue weighted by Crippen LogP contribution is 2.35. The minimum absolute atomic E-state index is 0.875. The smallest absolute Gasteiger partial charge is 0.0202 e. The molecule has 2 aliphatic carbocycles. The first-order chi connectivity index (χ1) is 11.9. The molecule has 0 spiro atoms. The highest BCUT2D eigenvalue weighted by Gasteiger charge is 2.23. The zero-order chi connectivity index (χ0) is 16.9. The molecule has 0 aromatic carbocycles. The maximum atomic E-state index is 2.57. The second kappa shape index (κ2) is 12.8. The Kier molecular flexibility index (Phi) is 10.5. The number of unbranched alkanes of at least 4 members (excludes halogenated alkanes) is 6. The summed E-state index contributed by atoms with van der Waals surface area (Å²) in [6.07, 6.45) is 32.8. The summed E-state index contributed by atoms with van der Waals surface area (Å²) in [4.78, 5) is 0. The first kappa shape index (κ1) is 19.8. The maximum Gasteiger partial charge on any atom is -0.0202 e. The highest BCUT2D eigenvalue weighted by molar-refractivity contribution is 4.97. The third-order valence-corrected chi connectivity index (χ3v) is 6.39. The Bertz CT molecular complexity index is 347. The molecule has 24 heavy (non-hydrogen) atoms. The topological polar surface area (TPSA) is 0 Å². The Morgan fingerprint density at radius 1 is 0.750 bits per heavy atom. The van der Waals surface area contributed by atoms with Gasteiger partial charge in [-0.25, -0.2) is 0 Å². The first-order valence-electron chi connectivity index (χ1n) is 11.2. The van der Waals surface area contributed by atoms with E-state index in [1.54, 1.807) is 0 Å². The van der Waals surface area contributed by atoms with Gasteiger partial charge < -0.3 is 0 Å². The fourth-order valence-corrected chi connectivity index (χ4v) is 4.44. The van der Waals surface area contributed by atoms with Crippen LogP contribution in [-0.2, 0) is 0 Å². The molecule has 0 amide bonds. The molecule has 0 heteroatoms. The van der Waals surface area contributed by atoms with Crippen molar-refractivity contribution in [3.8, 4) is 0 Å². The molecule has 2 rings (SSSR count). The lowest BCUT2D eigenvalue weighted by Crippen LogP contribution is -2.09. The Hall–Kier alpha value is -0.520. The predicted molar refractivity (Wildman–Crippen MR) is 108 cm³/mol. The van der Waals surface area contributed by atoms with Crippen LogP contribution in [-0.4, -0.2) is 0 Å². The van der Waals surface area contributed by atoms with Gasteiger partial charge in [-0.05, 0) is 62.7 Å². The molecular formula is C24H42. The van der Waals surface area contributed by atoms with Crippen molar-refractivity contribution in [3.63, 3.8) is 0 Å².